The van der Waals surface area contributed by atoms with Crippen LogP contribution in [0.4, 0.5) is 13.2 Å². The molecular weight excluding hydrogens is 407 g/mol. The first-order valence-electron chi connectivity index (χ1n) is 9.30. The number of hydrogen-bond acceptors (Lipinski definition) is 6. The van der Waals surface area contributed by atoms with Crippen molar-refractivity contribution < 1.29 is 13.2 Å². The van der Waals surface area contributed by atoms with Gasteiger partial charge in [0.05, 0.1) is 29.2 Å². The number of allylic oxidation sites excluding steroid dienone is 1. The molecule has 3 heterocycles. The summed E-state index contributed by atoms with van der Waals surface area (Å²) in [5.41, 5.74) is 1.29. The lowest BCUT2D eigenvalue weighted by atomic mass is 9.93. The Morgan fingerprint density at radius 2 is 2.03 bits per heavy atom. The zero-order chi connectivity index (χ0) is 22.8. The van der Waals surface area contributed by atoms with Crippen molar-refractivity contribution in [2.24, 2.45) is 5.41 Å². The van der Waals surface area contributed by atoms with Crippen molar-refractivity contribution in [2.45, 2.75) is 26.9 Å². The maximum atomic E-state index is 13.1. The molecule has 160 valence electrons. The maximum absolute atomic E-state index is 13.1. The Kier molecular flexibility index (Phi) is 5.79. The van der Waals surface area contributed by atoms with Gasteiger partial charge in [-0.05, 0) is 39.0 Å². The zero-order valence-corrected chi connectivity index (χ0v) is 17.1. The first-order valence-corrected chi connectivity index (χ1v) is 9.30. The van der Waals surface area contributed by atoms with E-state index in [4.69, 9.17) is 5.41 Å². The van der Waals surface area contributed by atoms with Crippen molar-refractivity contribution in [3.05, 3.63) is 53.7 Å². The van der Waals surface area contributed by atoms with Crippen molar-refractivity contribution in [1.29, 1.82) is 10.7 Å². The second kappa shape index (κ2) is 8.18. The molecule has 3 aromatic heterocycles. The minimum atomic E-state index is -4.37. The maximum Gasteiger partial charge on any atom is 0.395 e. The first kappa shape index (κ1) is 22.0. The van der Waals surface area contributed by atoms with Gasteiger partial charge >= 0.3 is 6.18 Å². The third-order valence-corrected chi connectivity index (χ3v) is 4.76. The number of aryl methyl sites for hydroxylation is 1. The Morgan fingerprint density at radius 3 is 2.68 bits per heavy atom. The first-order chi connectivity index (χ1) is 14.6. The van der Waals surface area contributed by atoms with Crippen LogP contribution in [0.1, 0.15) is 30.8 Å². The molecule has 0 aliphatic carbocycles. The minimum absolute atomic E-state index is 0.161. The zero-order valence-electron chi connectivity index (χ0n) is 17.1. The SMILES string of the molecule is Cc1cn2ncc(-c3nc(C#N)ccc3/C(C=N)=C/NCC(C)(C)C(F)(F)F)cc2n1. The molecule has 0 saturated heterocycles. The van der Waals surface area contributed by atoms with Gasteiger partial charge in [-0.1, -0.05) is 0 Å². The van der Waals surface area contributed by atoms with E-state index in [0.717, 1.165) is 25.8 Å². The third kappa shape index (κ3) is 4.55. The average Bonchev–Trinajstić information content (AvgIpc) is 3.09. The van der Waals surface area contributed by atoms with Gasteiger partial charge in [-0.25, -0.2) is 14.5 Å². The highest BCUT2D eigenvalue weighted by molar-refractivity contribution is 6.10. The summed E-state index contributed by atoms with van der Waals surface area (Å²) < 4.78 is 40.9. The summed E-state index contributed by atoms with van der Waals surface area (Å²) in [6.45, 7) is 3.66. The Balaban J connectivity index is 2.03. The molecule has 0 aliphatic heterocycles. The van der Waals surface area contributed by atoms with E-state index in [9.17, 15) is 18.4 Å². The molecule has 0 fully saturated rings. The number of aromatic nitrogens is 4. The molecule has 0 amide bonds. The van der Waals surface area contributed by atoms with Crippen LogP contribution in [-0.2, 0) is 0 Å². The van der Waals surface area contributed by atoms with Gasteiger partial charge in [-0.2, -0.15) is 23.5 Å². The number of hydrogen-bond donors (Lipinski definition) is 2. The number of pyridine rings is 1. The van der Waals surface area contributed by atoms with E-state index < -0.39 is 11.6 Å². The quantitative estimate of drug-likeness (QED) is 0.576. The van der Waals surface area contributed by atoms with Crippen molar-refractivity contribution in [1.82, 2.24) is 24.9 Å². The molecule has 0 bridgehead atoms. The molecule has 0 atom stereocenters. The standard InChI is InChI=1S/C21H20F3N7/c1-13-11-31-18(29-13)6-14(10-28-31)19-17(5-4-16(8-26)30-19)15(7-25)9-27-12-20(2,3)21(22,23)24/h4-7,9-11,25,27H,12H2,1-3H3/b15-9+,25-7?. The van der Waals surface area contributed by atoms with E-state index in [0.29, 0.717) is 28.0 Å². The number of nitrogens with one attached hydrogen (secondary N) is 2. The number of nitriles is 1. The summed E-state index contributed by atoms with van der Waals surface area (Å²) in [5.74, 6) is 0. The van der Waals surface area contributed by atoms with Gasteiger partial charge in [0.1, 0.15) is 11.8 Å². The molecule has 0 aromatic carbocycles. The molecule has 7 nitrogen and oxygen atoms in total. The summed E-state index contributed by atoms with van der Waals surface area (Å²) in [5, 5.41) is 24.0. The molecule has 3 aromatic rings. The lowest BCUT2D eigenvalue weighted by Crippen LogP contribution is -2.40. The van der Waals surface area contributed by atoms with E-state index in [1.54, 1.807) is 29.0 Å². The average molecular weight is 427 g/mol. The Morgan fingerprint density at radius 1 is 1.29 bits per heavy atom. The van der Waals surface area contributed by atoms with Gasteiger partial charge in [0.15, 0.2) is 5.65 Å². The largest absolute Gasteiger partial charge is 0.395 e. The van der Waals surface area contributed by atoms with Gasteiger partial charge in [-0.3, -0.25) is 0 Å². The summed E-state index contributed by atoms with van der Waals surface area (Å²) >= 11 is 0. The molecule has 0 aliphatic rings. The predicted molar refractivity (Wildman–Crippen MR) is 110 cm³/mol. The fourth-order valence-electron chi connectivity index (χ4n) is 2.81. The topological polar surface area (TPSA) is 103 Å². The highest BCUT2D eigenvalue weighted by Gasteiger charge is 2.46. The van der Waals surface area contributed by atoms with Crippen LogP contribution >= 0.6 is 0 Å². The number of fused-ring (bicyclic) bond motifs is 1. The third-order valence-electron chi connectivity index (χ3n) is 4.76. The lowest BCUT2D eigenvalue weighted by molar-refractivity contribution is -0.208. The fourth-order valence-corrected chi connectivity index (χ4v) is 2.81. The number of rotatable bonds is 6. The van der Waals surface area contributed by atoms with Crippen LogP contribution in [0.3, 0.4) is 0 Å². The van der Waals surface area contributed by atoms with Crippen LogP contribution in [0, 0.1) is 29.1 Å². The van der Waals surface area contributed by atoms with Crippen LogP contribution in [-0.4, -0.2) is 38.5 Å². The van der Waals surface area contributed by atoms with Crippen molar-refractivity contribution >= 4 is 17.4 Å². The van der Waals surface area contributed by atoms with Gasteiger partial charge in [0.25, 0.3) is 0 Å². The molecule has 0 radical (unpaired) electrons. The number of alkyl halides is 3. The van der Waals surface area contributed by atoms with Crippen LogP contribution in [0.5, 0.6) is 0 Å². The van der Waals surface area contributed by atoms with Crippen LogP contribution < -0.4 is 5.32 Å². The van der Waals surface area contributed by atoms with E-state index in [1.807, 2.05) is 13.0 Å². The highest BCUT2D eigenvalue weighted by Crippen LogP contribution is 2.36. The lowest BCUT2D eigenvalue weighted by Gasteiger charge is -2.27. The molecular formula is C21H20F3N7. The number of imidazole rings is 1. The second-order valence-electron chi connectivity index (χ2n) is 7.64. The summed E-state index contributed by atoms with van der Waals surface area (Å²) in [6.07, 6.45) is 1.31. The summed E-state index contributed by atoms with van der Waals surface area (Å²) in [7, 11) is 0. The van der Waals surface area contributed by atoms with Crippen molar-refractivity contribution in [2.75, 3.05) is 6.54 Å². The molecule has 0 unspecified atom stereocenters. The Bertz CT molecular complexity index is 1200. The minimum Gasteiger partial charge on any atom is -0.389 e. The normalized spacial score (nSPS) is 12.6. The predicted octanol–water partition coefficient (Wildman–Crippen LogP) is 4.14. The van der Waals surface area contributed by atoms with Gasteiger partial charge < -0.3 is 10.7 Å². The highest BCUT2D eigenvalue weighted by atomic mass is 19.4. The van der Waals surface area contributed by atoms with Crippen LogP contribution in [0.15, 0.2) is 36.8 Å². The second-order valence-corrected chi connectivity index (χ2v) is 7.64. The summed E-state index contributed by atoms with van der Waals surface area (Å²) in [4.78, 5) is 8.72. The number of halogens is 3. The van der Waals surface area contributed by atoms with E-state index in [2.05, 4.69) is 20.4 Å². The van der Waals surface area contributed by atoms with E-state index >= 15 is 0 Å². The molecule has 0 spiro atoms. The molecule has 3 rings (SSSR count). The number of nitrogens with zero attached hydrogens (tertiary/aromatic N) is 5. The Labute approximate surface area is 176 Å². The van der Waals surface area contributed by atoms with Crippen LogP contribution in [0.2, 0.25) is 0 Å². The molecule has 31 heavy (non-hydrogen) atoms. The molecule has 0 saturated carbocycles. The van der Waals surface area contributed by atoms with Gasteiger partial charge in [0.2, 0.25) is 0 Å². The smallest absolute Gasteiger partial charge is 0.389 e. The van der Waals surface area contributed by atoms with Crippen molar-refractivity contribution in [3.8, 4) is 17.3 Å². The van der Waals surface area contributed by atoms with E-state index in [1.165, 1.54) is 12.3 Å². The van der Waals surface area contributed by atoms with Gasteiger partial charge in [0, 0.05) is 35.7 Å². The fraction of sp³-hybridized carbons (Fsp3) is 0.286. The molecule has 10 heteroatoms. The van der Waals surface area contributed by atoms with Gasteiger partial charge in [-0.15, -0.1) is 0 Å². The van der Waals surface area contributed by atoms with Crippen molar-refractivity contribution in [3.63, 3.8) is 0 Å². The summed E-state index contributed by atoms with van der Waals surface area (Å²) in [6, 6.07) is 6.81. The monoisotopic (exact) mass is 427 g/mol. The Hall–Kier alpha value is -3.74. The van der Waals surface area contributed by atoms with E-state index in [-0.39, 0.29) is 12.2 Å². The van der Waals surface area contributed by atoms with Crippen LogP contribution in [0.25, 0.3) is 22.5 Å². The molecule has 2 N–H and O–H groups in total.